The quantitative estimate of drug-likeness (QED) is 0.777. The number of carbonyl (C=O) groups excluding carboxylic acids is 1. The third-order valence-corrected chi connectivity index (χ3v) is 4.72. The van der Waals surface area contributed by atoms with Crippen LogP contribution in [0.2, 0.25) is 0 Å². The van der Waals surface area contributed by atoms with Crippen molar-refractivity contribution in [2.24, 2.45) is 0 Å². The zero-order valence-corrected chi connectivity index (χ0v) is 14.2. The number of amides is 1. The molecule has 8 nitrogen and oxygen atoms in total. The van der Waals surface area contributed by atoms with E-state index < -0.39 is 0 Å². The molecule has 0 spiro atoms. The van der Waals surface area contributed by atoms with Crippen molar-refractivity contribution in [3.8, 4) is 23.0 Å². The summed E-state index contributed by atoms with van der Waals surface area (Å²) >= 11 is 1.20. The molecule has 132 valence electrons. The summed E-state index contributed by atoms with van der Waals surface area (Å²) in [6.07, 6.45) is 2.19. The van der Waals surface area contributed by atoms with Gasteiger partial charge in [-0.3, -0.25) is 4.79 Å². The van der Waals surface area contributed by atoms with Crippen LogP contribution in [0.1, 0.15) is 12.8 Å². The van der Waals surface area contributed by atoms with Crippen LogP contribution < -0.4 is 14.8 Å². The zero-order valence-electron chi connectivity index (χ0n) is 13.4. The van der Waals surface area contributed by atoms with Crippen molar-refractivity contribution in [2.75, 3.05) is 25.7 Å². The molecule has 4 rings (SSSR count). The minimum atomic E-state index is -0.0803. The Labute approximate surface area is 148 Å². The second kappa shape index (κ2) is 7.32. The second-order valence-electron chi connectivity index (χ2n) is 5.67. The Morgan fingerprint density at radius 2 is 2.20 bits per heavy atom. The molecule has 1 N–H and O–H groups in total. The van der Waals surface area contributed by atoms with Crippen molar-refractivity contribution in [3.05, 3.63) is 18.2 Å². The zero-order chi connectivity index (χ0) is 17.1. The fourth-order valence-corrected chi connectivity index (χ4v) is 3.22. The van der Waals surface area contributed by atoms with Crippen LogP contribution in [0.15, 0.2) is 27.8 Å². The van der Waals surface area contributed by atoms with Crippen molar-refractivity contribution < 1.29 is 23.4 Å². The van der Waals surface area contributed by atoms with Gasteiger partial charge in [-0.15, -0.1) is 10.2 Å². The molecule has 0 radical (unpaired) electrons. The number of nitrogens with one attached hydrogen (secondary N) is 1. The van der Waals surface area contributed by atoms with Crippen LogP contribution in [0, 0.1) is 0 Å². The standard InChI is InChI=1S/C16H17N3O5S/c20-14(17-7-11-2-1-5-21-11)8-25-16-19-18-15(24-16)10-3-4-12-13(6-10)23-9-22-12/h3-4,6,11H,1-2,5,7-9H2,(H,17,20)/t11-/m0/s1. The highest BCUT2D eigenvalue weighted by Crippen LogP contribution is 2.35. The van der Waals surface area contributed by atoms with Crippen LogP contribution in [0.25, 0.3) is 11.5 Å². The minimum Gasteiger partial charge on any atom is -0.454 e. The summed E-state index contributed by atoms with van der Waals surface area (Å²) in [5.41, 5.74) is 0.742. The lowest BCUT2D eigenvalue weighted by molar-refractivity contribution is -0.119. The fraction of sp³-hybridized carbons (Fsp3) is 0.438. The predicted octanol–water partition coefficient (Wildman–Crippen LogP) is 1.85. The molecule has 2 aliphatic rings. The molecule has 1 amide bonds. The van der Waals surface area contributed by atoms with Crippen LogP contribution in [-0.2, 0) is 9.53 Å². The van der Waals surface area contributed by atoms with Gasteiger partial charge in [-0.05, 0) is 31.0 Å². The average Bonchev–Trinajstić information content (AvgIpc) is 3.39. The number of nitrogens with zero attached hydrogens (tertiary/aromatic N) is 2. The molecular weight excluding hydrogens is 346 g/mol. The van der Waals surface area contributed by atoms with Gasteiger partial charge in [0.15, 0.2) is 11.5 Å². The molecule has 2 aromatic rings. The summed E-state index contributed by atoms with van der Waals surface area (Å²) in [6.45, 7) is 1.54. The SMILES string of the molecule is O=C(CSc1nnc(-c2ccc3c(c2)OCO3)o1)NC[C@@H]1CCCO1. The van der Waals surface area contributed by atoms with E-state index in [9.17, 15) is 4.79 Å². The number of fused-ring (bicyclic) bond motifs is 1. The minimum absolute atomic E-state index is 0.0803. The monoisotopic (exact) mass is 363 g/mol. The lowest BCUT2D eigenvalue weighted by Gasteiger charge is -2.09. The van der Waals surface area contributed by atoms with Crippen LogP contribution in [0.4, 0.5) is 0 Å². The fourth-order valence-electron chi connectivity index (χ4n) is 2.63. The van der Waals surface area contributed by atoms with Crippen LogP contribution in [0.3, 0.4) is 0 Å². The van der Waals surface area contributed by atoms with E-state index in [0.717, 1.165) is 25.0 Å². The first-order chi connectivity index (χ1) is 12.3. The van der Waals surface area contributed by atoms with Crippen molar-refractivity contribution in [3.63, 3.8) is 0 Å². The predicted molar refractivity (Wildman–Crippen MR) is 88.6 cm³/mol. The smallest absolute Gasteiger partial charge is 0.277 e. The van der Waals surface area contributed by atoms with Crippen LogP contribution in [0.5, 0.6) is 11.5 Å². The largest absolute Gasteiger partial charge is 0.454 e. The molecule has 0 saturated carbocycles. The Morgan fingerprint density at radius 3 is 3.08 bits per heavy atom. The number of rotatable bonds is 6. The van der Waals surface area contributed by atoms with Gasteiger partial charge in [-0.25, -0.2) is 0 Å². The van der Waals surface area contributed by atoms with Gasteiger partial charge in [0.25, 0.3) is 5.22 Å². The normalized spacial score (nSPS) is 18.5. The summed E-state index contributed by atoms with van der Waals surface area (Å²) in [5, 5.41) is 11.2. The Balaban J connectivity index is 1.30. The van der Waals surface area contributed by atoms with E-state index in [1.54, 1.807) is 12.1 Å². The van der Waals surface area contributed by atoms with E-state index in [2.05, 4.69) is 15.5 Å². The van der Waals surface area contributed by atoms with E-state index in [-0.39, 0.29) is 24.6 Å². The number of carbonyl (C=O) groups is 1. The summed E-state index contributed by atoms with van der Waals surface area (Å²) in [7, 11) is 0. The molecule has 1 fully saturated rings. The number of thioether (sulfide) groups is 1. The highest BCUT2D eigenvalue weighted by atomic mass is 32.2. The molecule has 1 atom stereocenters. The third kappa shape index (κ3) is 3.88. The number of benzene rings is 1. The number of hydrogen-bond donors (Lipinski definition) is 1. The molecule has 1 aromatic heterocycles. The van der Waals surface area contributed by atoms with E-state index in [1.165, 1.54) is 11.8 Å². The van der Waals surface area contributed by atoms with Crippen LogP contribution >= 0.6 is 11.8 Å². The van der Waals surface area contributed by atoms with Gasteiger partial charge in [0.2, 0.25) is 18.6 Å². The first kappa shape index (κ1) is 16.2. The number of ether oxygens (including phenoxy) is 3. The highest BCUT2D eigenvalue weighted by Gasteiger charge is 2.18. The summed E-state index contributed by atoms with van der Waals surface area (Å²) in [4.78, 5) is 11.9. The Kier molecular flexibility index (Phi) is 4.75. The number of aromatic nitrogens is 2. The first-order valence-corrected chi connectivity index (χ1v) is 9.01. The van der Waals surface area contributed by atoms with Crippen molar-refractivity contribution >= 4 is 17.7 Å². The van der Waals surface area contributed by atoms with Crippen molar-refractivity contribution in [1.82, 2.24) is 15.5 Å². The molecule has 25 heavy (non-hydrogen) atoms. The maximum Gasteiger partial charge on any atom is 0.277 e. The molecule has 0 bridgehead atoms. The molecule has 9 heteroatoms. The summed E-state index contributed by atoms with van der Waals surface area (Å²) in [5.74, 6) is 1.86. The molecule has 3 heterocycles. The Hall–Kier alpha value is -2.26. The van der Waals surface area contributed by atoms with Gasteiger partial charge in [0.05, 0.1) is 11.9 Å². The van der Waals surface area contributed by atoms with Gasteiger partial charge >= 0.3 is 0 Å². The Bertz CT molecular complexity index is 760. The lowest BCUT2D eigenvalue weighted by Crippen LogP contribution is -2.32. The Morgan fingerprint density at radius 1 is 1.28 bits per heavy atom. The highest BCUT2D eigenvalue weighted by molar-refractivity contribution is 7.99. The number of hydrogen-bond acceptors (Lipinski definition) is 8. The topological polar surface area (TPSA) is 95.7 Å². The molecular formula is C16H17N3O5S. The van der Waals surface area contributed by atoms with Crippen molar-refractivity contribution in [1.29, 1.82) is 0 Å². The van der Waals surface area contributed by atoms with E-state index >= 15 is 0 Å². The van der Waals surface area contributed by atoms with Gasteiger partial charge in [0.1, 0.15) is 0 Å². The molecule has 0 unspecified atom stereocenters. The van der Waals surface area contributed by atoms with Crippen LogP contribution in [-0.4, -0.2) is 47.9 Å². The summed E-state index contributed by atoms with van der Waals surface area (Å²) in [6, 6.07) is 5.41. The van der Waals surface area contributed by atoms with Gasteiger partial charge < -0.3 is 23.9 Å². The van der Waals surface area contributed by atoms with Gasteiger partial charge in [0, 0.05) is 18.7 Å². The van der Waals surface area contributed by atoms with Gasteiger partial charge in [-0.2, -0.15) is 0 Å². The molecule has 0 aliphatic carbocycles. The third-order valence-electron chi connectivity index (χ3n) is 3.90. The van der Waals surface area contributed by atoms with E-state index in [0.29, 0.717) is 29.2 Å². The lowest BCUT2D eigenvalue weighted by atomic mass is 10.2. The molecule has 1 saturated heterocycles. The molecule has 1 aromatic carbocycles. The maximum atomic E-state index is 11.9. The van der Waals surface area contributed by atoms with E-state index in [1.807, 2.05) is 6.07 Å². The summed E-state index contributed by atoms with van der Waals surface area (Å²) < 4.78 is 21.7. The first-order valence-electron chi connectivity index (χ1n) is 8.02. The van der Waals surface area contributed by atoms with Crippen molar-refractivity contribution in [2.45, 2.75) is 24.2 Å². The van der Waals surface area contributed by atoms with Gasteiger partial charge in [-0.1, -0.05) is 11.8 Å². The average molecular weight is 363 g/mol. The van der Waals surface area contributed by atoms with E-state index in [4.69, 9.17) is 18.6 Å². The maximum absolute atomic E-state index is 11.9. The molecule has 2 aliphatic heterocycles. The second-order valence-corrected chi connectivity index (χ2v) is 6.60.